The number of rotatable bonds is 5. The number of benzene rings is 1. The van der Waals surface area contributed by atoms with Crippen LogP contribution in [0.2, 0.25) is 0 Å². The van der Waals surface area contributed by atoms with E-state index in [1.165, 1.54) is 12.1 Å². The van der Waals surface area contributed by atoms with Gasteiger partial charge >= 0.3 is 0 Å². The molecule has 0 radical (unpaired) electrons. The highest BCUT2D eigenvalue weighted by molar-refractivity contribution is 7.92. The highest BCUT2D eigenvalue weighted by Gasteiger charge is 2.28. The van der Waals surface area contributed by atoms with Gasteiger partial charge in [0.05, 0.1) is 11.5 Å². The fourth-order valence-electron chi connectivity index (χ4n) is 2.48. The minimum absolute atomic E-state index is 0.0214. The molecule has 2 aromatic heterocycles. The highest BCUT2D eigenvalue weighted by atomic mass is 32.2. The number of aromatic nitrogens is 3. The Hall–Kier alpha value is -2.61. The van der Waals surface area contributed by atoms with Crippen LogP contribution < -0.4 is 10.5 Å². The van der Waals surface area contributed by atoms with Crippen LogP contribution in [0.15, 0.2) is 40.1 Å². The third-order valence-corrected chi connectivity index (χ3v) is 5.43. The number of aryl methyl sites for hydroxylation is 1. The molecular weight excluding hydrogens is 340 g/mol. The first-order chi connectivity index (χ1) is 11.8. The first kappa shape index (κ1) is 17.2. The molecule has 25 heavy (non-hydrogen) atoms. The van der Waals surface area contributed by atoms with Crippen molar-refractivity contribution in [2.75, 3.05) is 12.3 Å². The van der Waals surface area contributed by atoms with Crippen molar-refractivity contribution in [3.63, 3.8) is 0 Å². The number of nitrogens with two attached hydrogens (primary N) is 1. The van der Waals surface area contributed by atoms with Crippen LogP contribution in [-0.4, -0.2) is 30.0 Å². The molecule has 8 heteroatoms. The maximum atomic E-state index is 13.0. The molecule has 3 N–H and O–H groups in total. The lowest BCUT2D eigenvalue weighted by atomic mass is 10.2. The van der Waals surface area contributed by atoms with Crippen molar-refractivity contribution >= 4 is 26.7 Å². The summed E-state index contributed by atoms with van der Waals surface area (Å²) in [6.07, 6.45) is 0. The zero-order valence-electron chi connectivity index (χ0n) is 14.3. The van der Waals surface area contributed by atoms with E-state index in [9.17, 15) is 8.42 Å². The number of hydrogen-bond acceptors (Lipinski definition) is 6. The normalized spacial score (nSPS) is 12.0. The van der Waals surface area contributed by atoms with E-state index in [4.69, 9.17) is 10.5 Å². The molecule has 0 fully saturated rings. The molecule has 0 bridgehead atoms. The Morgan fingerprint density at radius 1 is 1.20 bits per heavy atom. The number of aromatic amines is 1. The number of hydrogen-bond donors (Lipinski definition) is 2. The summed E-state index contributed by atoms with van der Waals surface area (Å²) in [5, 5.41) is 0. The monoisotopic (exact) mass is 360 g/mol. The Labute approximate surface area is 146 Å². The molecular formula is C17H20N4O3S. The van der Waals surface area contributed by atoms with Crippen molar-refractivity contribution < 1.29 is 13.2 Å². The molecule has 0 spiro atoms. The van der Waals surface area contributed by atoms with Crippen LogP contribution in [0.25, 0.3) is 11.0 Å². The largest absolute Gasteiger partial charge is 0.476 e. The molecule has 132 valence electrons. The van der Waals surface area contributed by atoms with E-state index in [-0.39, 0.29) is 21.1 Å². The van der Waals surface area contributed by atoms with Crippen LogP contribution in [0.3, 0.4) is 0 Å². The van der Waals surface area contributed by atoms with Crippen LogP contribution >= 0.6 is 0 Å². The summed E-state index contributed by atoms with van der Waals surface area (Å²) in [5.74, 6) is 1.03. The number of sulfone groups is 1. The molecule has 0 amide bonds. The maximum Gasteiger partial charge on any atom is 0.241 e. The number of nitrogens with one attached hydrogen (secondary N) is 1. The Morgan fingerprint density at radius 3 is 2.52 bits per heavy atom. The lowest BCUT2D eigenvalue weighted by Crippen LogP contribution is -2.08. The van der Waals surface area contributed by atoms with Crippen LogP contribution in [0.5, 0.6) is 5.88 Å². The summed E-state index contributed by atoms with van der Waals surface area (Å²) >= 11 is 0. The van der Waals surface area contributed by atoms with E-state index in [0.29, 0.717) is 29.7 Å². The van der Waals surface area contributed by atoms with E-state index in [2.05, 4.69) is 15.0 Å². The Bertz CT molecular complexity index is 1010. The van der Waals surface area contributed by atoms with E-state index in [1.807, 2.05) is 13.8 Å². The van der Waals surface area contributed by atoms with Gasteiger partial charge in [0.25, 0.3) is 0 Å². The first-order valence-electron chi connectivity index (χ1n) is 7.89. The number of ether oxygens (including phenoxy) is 1. The number of fused-ring (bicyclic) bond motifs is 1. The molecule has 0 saturated carbocycles. The van der Waals surface area contributed by atoms with Gasteiger partial charge in [0, 0.05) is 0 Å². The molecule has 3 rings (SSSR count). The fraction of sp³-hybridized carbons (Fsp3) is 0.294. The van der Waals surface area contributed by atoms with Crippen LogP contribution in [-0.2, 0) is 9.84 Å². The summed E-state index contributed by atoms with van der Waals surface area (Å²) in [7, 11) is -3.82. The van der Waals surface area contributed by atoms with Crippen LogP contribution in [0.4, 0.5) is 5.82 Å². The van der Waals surface area contributed by atoms with Crippen molar-refractivity contribution in [2.45, 2.75) is 30.6 Å². The fourth-order valence-corrected chi connectivity index (χ4v) is 3.98. The van der Waals surface area contributed by atoms with Gasteiger partial charge < -0.3 is 15.5 Å². The maximum absolute atomic E-state index is 13.0. The zero-order valence-corrected chi connectivity index (χ0v) is 15.1. The Balaban J connectivity index is 2.22. The summed E-state index contributed by atoms with van der Waals surface area (Å²) < 4.78 is 31.7. The van der Waals surface area contributed by atoms with Gasteiger partial charge in [-0.1, -0.05) is 32.0 Å². The molecule has 3 aromatic rings. The third-order valence-electron chi connectivity index (χ3n) is 3.58. The van der Waals surface area contributed by atoms with Crippen molar-refractivity contribution in [3.05, 3.63) is 36.2 Å². The van der Waals surface area contributed by atoms with Gasteiger partial charge in [-0.2, -0.15) is 4.98 Å². The summed E-state index contributed by atoms with van der Waals surface area (Å²) in [6, 6.07) is 8.13. The smallest absolute Gasteiger partial charge is 0.241 e. The van der Waals surface area contributed by atoms with E-state index in [1.54, 1.807) is 25.1 Å². The Morgan fingerprint density at radius 2 is 1.88 bits per heavy atom. The van der Waals surface area contributed by atoms with Crippen molar-refractivity contribution in [2.24, 2.45) is 5.92 Å². The minimum Gasteiger partial charge on any atom is -0.476 e. The molecule has 0 atom stereocenters. The average molecular weight is 360 g/mol. The summed E-state index contributed by atoms with van der Waals surface area (Å²) in [4.78, 5) is 11.5. The van der Waals surface area contributed by atoms with Gasteiger partial charge in [0.1, 0.15) is 27.6 Å². The molecule has 0 aliphatic heterocycles. The molecule has 0 aliphatic carbocycles. The summed E-state index contributed by atoms with van der Waals surface area (Å²) in [5.41, 5.74) is 6.62. The van der Waals surface area contributed by atoms with Crippen LogP contribution in [0.1, 0.15) is 19.7 Å². The van der Waals surface area contributed by atoms with Gasteiger partial charge in [0.15, 0.2) is 0 Å². The van der Waals surface area contributed by atoms with Gasteiger partial charge in [0.2, 0.25) is 15.7 Å². The number of nitrogens with zero attached hydrogens (tertiary/aromatic N) is 2. The molecule has 0 saturated heterocycles. The molecule has 2 heterocycles. The number of anilines is 1. The molecule has 0 unspecified atom stereocenters. The SMILES string of the molecule is Cc1nc(OCC(C)C)c2[nH]c(N)c(S(=O)(=O)c3ccccc3)c2n1. The second-order valence-corrected chi connectivity index (χ2v) is 8.08. The molecule has 0 aliphatic rings. The van der Waals surface area contributed by atoms with Crippen LogP contribution in [0, 0.1) is 12.8 Å². The number of H-pyrrole nitrogens is 1. The van der Waals surface area contributed by atoms with Gasteiger partial charge in [-0.25, -0.2) is 13.4 Å². The van der Waals surface area contributed by atoms with Gasteiger partial charge in [-0.15, -0.1) is 0 Å². The lowest BCUT2D eigenvalue weighted by Gasteiger charge is -2.09. The molecule has 1 aromatic carbocycles. The predicted molar refractivity (Wildman–Crippen MR) is 95.3 cm³/mol. The topological polar surface area (TPSA) is 111 Å². The third kappa shape index (κ3) is 3.17. The predicted octanol–water partition coefficient (Wildman–Crippen LogP) is 2.72. The van der Waals surface area contributed by atoms with E-state index >= 15 is 0 Å². The van der Waals surface area contributed by atoms with Gasteiger partial charge in [-0.3, -0.25) is 0 Å². The average Bonchev–Trinajstić information content (AvgIpc) is 2.89. The van der Waals surface area contributed by atoms with Crippen molar-refractivity contribution in [1.29, 1.82) is 0 Å². The zero-order chi connectivity index (χ0) is 18.2. The Kier molecular flexibility index (Phi) is 4.38. The number of nitrogen functional groups attached to an aromatic ring is 1. The van der Waals surface area contributed by atoms with E-state index < -0.39 is 9.84 Å². The lowest BCUT2D eigenvalue weighted by molar-refractivity contribution is 0.263. The summed E-state index contributed by atoms with van der Waals surface area (Å²) in [6.45, 7) is 6.16. The first-order valence-corrected chi connectivity index (χ1v) is 9.37. The van der Waals surface area contributed by atoms with Crippen molar-refractivity contribution in [3.8, 4) is 5.88 Å². The quantitative estimate of drug-likeness (QED) is 0.724. The van der Waals surface area contributed by atoms with E-state index in [0.717, 1.165) is 0 Å². The highest BCUT2D eigenvalue weighted by Crippen LogP contribution is 2.35. The molecule has 7 nitrogen and oxygen atoms in total. The standard InChI is InChI=1S/C17H20N4O3S/c1-10(2)9-24-17-14-13(19-11(3)20-17)15(16(18)21-14)25(22,23)12-7-5-4-6-8-12/h4-8,10,21H,9,18H2,1-3H3. The second-order valence-electron chi connectivity index (χ2n) is 6.19. The van der Waals surface area contributed by atoms with Crippen molar-refractivity contribution in [1.82, 2.24) is 15.0 Å². The van der Waals surface area contributed by atoms with Gasteiger partial charge in [-0.05, 0) is 25.0 Å². The minimum atomic E-state index is -3.82. The second kappa shape index (κ2) is 6.36.